The minimum Gasteiger partial charge on any atom is -0.383 e. The molecule has 2 aromatic rings. The molecule has 0 saturated heterocycles. The van der Waals surface area contributed by atoms with E-state index in [9.17, 15) is 0 Å². The summed E-state index contributed by atoms with van der Waals surface area (Å²) in [6.07, 6.45) is 5.76. The highest BCUT2D eigenvalue weighted by atomic mass is 79.9. The Morgan fingerprint density at radius 2 is 2.21 bits per heavy atom. The predicted octanol–water partition coefficient (Wildman–Crippen LogP) is 3.62. The zero-order valence-corrected chi connectivity index (χ0v) is 12.6. The number of aromatic nitrogens is 2. The van der Waals surface area contributed by atoms with Crippen molar-refractivity contribution in [1.82, 2.24) is 9.97 Å². The number of hydrogen-bond acceptors (Lipinski definition) is 4. The van der Waals surface area contributed by atoms with E-state index < -0.39 is 0 Å². The van der Waals surface area contributed by atoms with Crippen LogP contribution in [0.2, 0.25) is 0 Å². The fraction of sp³-hybridized carbons (Fsp3) is 0.429. The zero-order valence-electron chi connectivity index (χ0n) is 11.0. The molecule has 0 unspecified atom stereocenters. The number of halogens is 1. The maximum absolute atomic E-state index is 5.31. The van der Waals surface area contributed by atoms with Gasteiger partial charge in [-0.1, -0.05) is 0 Å². The van der Waals surface area contributed by atoms with Gasteiger partial charge in [0.05, 0.1) is 11.2 Å². The third-order valence-corrected chi connectivity index (χ3v) is 3.21. The molecule has 0 aliphatic carbocycles. The Morgan fingerprint density at radius 3 is 3.05 bits per heavy atom. The number of fused-ring (bicyclic) bond motifs is 1. The molecule has 19 heavy (non-hydrogen) atoms. The van der Waals surface area contributed by atoms with Crippen molar-refractivity contribution in [2.75, 3.05) is 25.1 Å². The lowest BCUT2D eigenvalue weighted by molar-refractivity contribution is 0.144. The molecule has 102 valence electrons. The highest BCUT2D eigenvalue weighted by Gasteiger charge is 2.03. The van der Waals surface area contributed by atoms with Crippen LogP contribution in [0.1, 0.15) is 19.8 Å². The minimum atomic E-state index is 0.793. The molecule has 0 aromatic carbocycles. The molecule has 2 aromatic heterocycles. The van der Waals surface area contributed by atoms with Gasteiger partial charge in [-0.2, -0.15) is 0 Å². The van der Waals surface area contributed by atoms with Gasteiger partial charge in [0.15, 0.2) is 0 Å². The summed E-state index contributed by atoms with van der Waals surface area (Å²) < 4.78 is 6.26. The van der Waals surface area contributed by atoms with Gasteiger partial charge in [0.2, 0.25) is 0 Å². The number of ether oxygens (including phenoxy) is 1. The molecule has 0 bridgehead atoms. The van der Waals surface area contributed by atoms with Crippen molar-refractivity contribution in [1.29, 1.82) is 0 Å². The van der Waals surface area contributed by atoms with Crippen LogP contribution in [0.15, 0.2) is 29.0 Å². The van der Waals surface area contributed by atoms with Gasteiger partial charge in [0.1, 0.15) is 5.52 Å². The van der Waals surface area contributed by atoms with E-state index in [1.54, 1.807) is 12.4 Å². The van der Waals surface area contributed by atoms with E-state index in [1.165, 1.54) is 0 Å². The normalized spacial score (nSPS) is 10.8. The number of rotatable bonds is 7. The average molecular weight is 324 g/mol. The van der Waals surface area contributed by atoms with E-state index in [1.807, 2.05) is 19.1 Å². The van der Waals surface area contributed by atoms with Crippen LogP contribution in [0.4, 0.5) is 5.69 Å². The van der Waals surface area contributed by atoms with E-state index in [2.05, 4.69) is 31.2 Å². The van der Waals surface area contributed by atoms with Crippen molar-refractivity contribution in [3.05, 3.63) is 29.0 Å². The van der Waals surface area contributed by atoms with E-state index in [0.29, 0.717) is 0 Å². The summed E-state index contributed by atoms with van der Waals surface area (Å²) in [5.41, 5.74) is 2.85. The van der Waals surface area contributed by atoms with Crippen LogP contribution in [0.3, 0.4) is 0 Å². The molecule has 0 fully saturated rings. The number of hydrogen-bond donors (Lipinski definition) is 1. The summed E-state index contributed by atoms with van der Waals surface area (Å²) >= 11 is 3.41. The largest absolute Gasteiger partial charge is 0.383 e. The van der Waals surface area contributed by atoms with Crippen molar-refractivity contribution in [2.24, 2.45) is 0 Å². The first kappa shape index (κ1) is 14.2. The molecule has 0 aliphatic rings. The molecule has 0 radical (unpaired) electrons. The summed E-state index contributed by atoms with van der Waals surface area (Å²) in [5.74, 6) is 0. The quantitative estimate of drug-likeness (QED) is 0.790. The van der Waals surface area contributed by atoms with Crippen LogP contribution in [0.5, 0.6) is 0 Å². The third kappa shape index (κ3) is 4.14. The molecule has 5 heteroatoms. The Balaban J connectivity index is 1.93. The molecule has 1 N–H and O–H groups in total. The van der Waals surface area contributed by atoms with Crippen molar-refractivity contribution in [2.45, 2.75) is 19.8 Å². The van der Waals surface area contributed by atoms with Gasteiger partial charge >= 0.3 is 0 Å². The van der Waals surface area contributed by atoms with Crippen LogP contribution in [-0.2, 0) is 4.74 Å². The topological polar surface area (TPSA) is 47.0 Å². The lowest BCUT2D eigenvalue weighted by atomic mass is 10.2. The van der Waals surface area contributed by atoms with Crippen molar-refractivity contribution in [3.63, 3.8) is 0 Å². The molecule has 4 nitrogen and oxygen atoms in total. The maximum Gasteiger partial charge on any atom is 0.112 e. The summed E-state index contributed by atoms with van der Waals surface area (Å²) in [7, 11) is 0. The molecular weight excluding hydrogens is 306 g/mol. The highest BCUT2D eigenvalue weighted by molar-refractivity contribution is 9.10. The lowest BCUT2D eigenvalue weighted by Gasteiger charge is -2.08. The first-order valence-electron chi connectivity index (χ1n) is 6.53. The van der Waals surface area contributed by atoms with Crippen molar-refractivity contribution >= 4 is 32.7 Å². The lowest BCUT2D eigenvalue weighted by Crippen LogP contribution is -2.04. The number of anilines is 1. The van der Waals surface area contributed by atoms with E-state index in [-0.39, 0.29) is 0 Å². The Kier molecular flexibility index (Phi) is 5.54. The zero-order chi connectivity index (χ0) is 13.5. The molecular formula is C14H18BrN3O. The molecule has 0 saturated carbocycles. The van der Waals surface area contributed by atoms with Crippen molar-refractivity contribution < 1.29 is 4.74 Å². The van der Waals surface area contributed by atoms with E-state index in [0.717, 1.165) is 53.8 Å². The van der Waals surface area contributed by atoms with Gasteiger partial charge < -0.3 is 10.1 Å². The highest BCUT2D eigenvalue weighted by Crippen LogP contribution is 2.21. The second-order valence-electron chi connectivity index (χ2n) is 4.21. The van der Waals surface area contributed by atoms with Crippen molar-refractivity contribution in [3.8, 4) is 0 Å². The second kappa shape index (κ2) is 7.40. The SMILES string of the molecule is CCOCCCCNc1ccnc2cc(Br)cnc12. The Labute approximate surface area is 121 Å². The Bertz CT molecular complexity index is 533. The standard InChI is InChI=1S/C14H18BrN3O/c1-2-19-8-4-3-6-16-12-5-7-17-13-9-11(15)10-18-14(12)13/h5,7,9-10H,2-4,6,8H2,1H3,(H,16,17). The molecule has 2 heterocycles. The number of nitrogens with one attached hydrogen (secondary N) is 1. The van der Waals surface area contributed by atoms with Gasteiger partial charge in [-0.15, -0.1) is 0 Å². The van der Waals surface area contributed by atoms with Crippen LogP contribution < -0.4 is 5.32 Å². The fourth-order valence-corrected chi connectivity index (χ4v) is 2.16. The summed E-state index contributed by atoms with van der Waals surface area (Å²) in [6.45, 7) is 4.57. The van der Waals surface area contributed by atoms with Crippen LogP contribution in [-0.4, -0.2) is 29.7 Å². The molecule has 0 spiro atoms. The second-order valence-corrected chi connectivity index (χ2v) is 5.13. The smallest absolute Gasteiger partial charge is 0.112 e. The van der Waals surface area contributed by atoms with E-state index in [4.69, 9.17) is 4.74 Å². The summed E-state index contributed by atoms with van der Waals surface area (Å²) in [5, 5.41) is 3.41. The monoisotopic (exact) mass is 323 g/mol. The third-order valence-electron chi connectivity index (χ3n) is 2.78. The summed E-state index contributed by atoms with van der Waals surface area (Å²) in [6, 6.07) is 3.94. The van der Waals surface area contributed by atoms with Crippen LogP contribution >= 0.6 is 15.9 Å². The minimum absolute atomic E-state index is 0.793. The van der Waals surface area contributed by atoms with Gasteiger partial charge in [0, 0.05) is 36.6 Å². The molecule has 0 amide bonds. The Morgan fingerprint density at radius 1 is 1.32 bits per heavy atom. The Hall–Kier alpha value is -1.20. The predicted molar refractivity (Wildman–Crippen MR) is 81.5 cm³/mol. The average Bonchev–Trinajstić information content (AvgIpc) is 2.42. The molecule has 2 rings (SSSR count). The number of pyridine rings is 2. The van der Waals surface area contributed by atoms with Crippen LogP contribution in [0, 0.1) is 0 Å². The van der Waals surface area contributed by atoms with Gasteiger partial charge in [-0.05, 0) is 47.8 Å². The van der Waals surface area contributed by atoms with Gasteiger partial charge in [-0.3, -0.25) is 9.97 Å². The van der Waals surface area contributed by atoms with Gasteiger partial charge in [-0.25, -0.2) is 0 Å². The first-order valence-corrected chi connectivity index (χ1v) is 7.32. The first-order chi connectivity index (χ1) is 9.31. The molecule has 0 aliphatic heterocycles. The molecule has 0 atom stereocenters. The van der Waals surface area contributed by atoms with Crippen LogP contribution in [0.25, 0.3) is 11.0 Å². The van der Waals surface area contributed by atoms with Gasteiger partial charge in [0.25, 0.3) is 0 Å². The summed E-state index contributed by atoms with van der Waals surface area (Å²) in [4.78, 5) is 8.73. The maximum atomic E-state index is 5.31. The van der Waals surface area contributed by atoms with E-state index >= 15 is 0 Å². The fourth-order valence-electron chi connectivity index (χ4n) is 1.84. The number of unbranched alkanes of at least 4 members (excludes halogenated alkanes) is 1. The number of nitrogens with zero attached hydrogens (tertiary/aromatic N) is 2.